The fraction of sp³-hybridized carbons (Fsp3) is 0.524. The van der Waals surface area contributed by atoms with Gasteiger partial charge in [0.1, 0.15) is 0 Å². The molecule has 0 aliphatic carbocycles. The summed E-state index contributed by atoms with van der Waals surface area (Å²) >= 11 is 8.50. The molecular formula is C21H26ClIN4O. The minimum absolute atomic E-state index is 0.331. The Morgan fingerprint density at radius 2 is 1.82 bits per heavy atom. The zero-order chi connectivity index (χ0) is 19.3. The number of morpholine rings is 1. The standard InChI is InChI=1S/C21H26ClIN4O/c22-17-4-2-16(3-5-17)12-19-15-28-20(13-23)14-27(19)18-6-10-26(11-7-18)21-24-8-1-9-25-21/h1-5,8-9,18-20H,6-7,10-15H2. The number of anilines is 1. The number of aromatic nitrogens is 2. The molecule has 5 nitrogen and oxygen atoms in total. The zero-order valence-corrected chi connectivity index (χ0v) is 18.8. The molecule has 0 amide bonds. The lowest BCUT2D eigenvalue weighted by molar-refractivity contribution is -0.0715. The molecule has 4 rings (SSSR count). The Balaban J connectivity index is 1.42. The summed E-state index contributed by atoms with van der Waals surface area (Å²) < 4.78 is 7.18. The van der Waals surface area contributed by atoms with Crippen molar-refractivity contribution >= 4 is 40.1 Å². The maximum Gasteiger partial charge on any atom is 0.225 e. The highest BCUT2D eigenvalue weighted by atomic mass is 127. The number of hydrogen-bond acceptors (Lipinski definition) is 5. The number of alkyl halides is 1. The van der Waals surface area contributed by atoms with E-state index in [4.69, 9.17) is 16.3 Å². The van der Waals surface area contributed by atoms with Crippen molar-refractivity contribution in [2.75, 3.05) is 35.6 Å². The molecule has 1 aromatic carbocycles. The Bertz CT molecular complexity index is 740. The fourth-order valence-electron chi connectivity index (χ4n) is 4.24. The second kappa shape index (κ2) is 9.69. The van der Waals surface area contributed by atoms with Crippen molar-refractivity contribution in [2.24, 2.45) is 0 Å². The van der Waals surface area contributed by atoms with Gasteiger partial charge in [0.25, 0.3) is 0 Å². The number of ether oxygens (including phenoxy) is 1. The summed E-state index contributed by atoms with van der Waals surface area (Å²) in [6.07, 6.45) is 7.27. The lowest BCUT2D eigenvalue weighted by Crippen LogP contribution is -2.57. The van der Waals surface area contributed by atoms with Gasteiger partial charge in [-0.3, -0.25) is 4.90 Å². The van der Waals surface area contributed by atoms with E-state index >= 15 is 0 Å². The van der Waals surface area contributed by atoms with Crippen molar-refractivity contribution in [3.63, 3.8) is 0 Å². The molecule has 7 heteroatoms. The Hall–Kier alpha value is -0.960. The summed E-state index contributed by atoms with van der Waals surface area (Å²) in [5.74, 6) is 0.853. The number of rotatable bonds is 5. The van der Waals surface area contributed by atoms with E-state index < -0.39 is 0 Å². The average molecular weight is 513 g/mol. The molecule has 0 N–H and O–H groups in total. The number of hydrogen-bond donors (Lipinski definition) is 0. The molecule has 0 spiro atoms. The van der Waals surface area contributed by atoms with Crippen LogP contribution >= 0.6 is 34.2 Å². The molecule has 28 heavy (non-hydrogen) atoms. The van der Waals surface area contributed by atoms with Crippen LogP contribution in [0.1, 0.15) is 18.4 Å². The molecule has 1 aromatic heterocycles. The zero-order valence-electron chi connectivity index (χ0n) is 15.9. The summed E-state index contributed by atoms with van der Waals surface area (Å²) in [7, 11) is 0. The fourth-order valence-corrected chi connectivity index (χ4v) is 4.90. The molecule has 3 heterocycles. The summed E-state index contributed by atoms with van der Waals surface area (Å²) in [5.41, 5.74) is 1.33. The molecule has 2 saturated heterocycles. The highest BCUT2D eigenvalue weighted by Gasteiger charge is 2.35. The first-order valence-electron chi connectivity index (χ1n) is 9.92. The van der Waals surface area contributed by atoms with Gasteiger partial charge in [-0.2, -0.15) is 0 Å². The van der Waals surface area contributed by atoms with Gasteiger partial charge >= 0.3 is 0 Å². The SMILES string of the molecule is Clc1ccc(CC2COC(CI)CN2C2CCN(c3ncccn3)CC2)cc1. The molecule has 0 saturated carbocycles. The summed E-state index contributed by atoms with van der Waals surface area (Å²) in [6.45, 7) is 3.84. The third kappa shape index (κ3) is 4.96. The number of halogens is 2. The first-order valence-corrected chi connectivity index (χ1v) is 11.8. The third-order valence-electron chi connectivity index (χ3n) is 5.73. The van der Waals surface area contributed by atoms with E-state index in [2.05, 4.69) is 54.5 Å². The molecule has 150 valence electrons. The maximum atomic E-state index is 6.14. The van der Waals surface area contributed by atoms with Crippen LogP contribution in [0, 0.1) is 0 Å². The smallest absolute Gasteiger partial charge is 0.225 e. The molecule has 0 radical (unpaired) electrons. The van der Waals surface area contributed by atoms with Crippen LogP contribution in [0.5, 0.6) is 0 Å². The minimum atomic E-state index is 0.331. The van der Waals surface area contributed by atoms with Gasteiger partial charge in [0, 0.05) is 53.6 Å². The van der Waals surface area contributed by atoms with Crippen LogP contribution in [0.25, 0.3) is 0 Å². The molecule has 2 aliphatic heterocycles. The molecule has 2 aliphatic rings. The van der Waals surface area contributed by atoms with E-state index in [9.17, 15) is 0 Å². The topological polar surface area (TPSA) is 41.5 Å². The molecule has 2 aromatic rings. The van der Waals surface area contributed by atoms with Crippen LogP contribution < -0.4 is 4.90 Å². The lowest BCUT2D eigenvalue weighted by Gasteiger charge is -2.46. The van der Waals surface area contributed by atoms with Gasteiger partial charge in [0.15, 0.2) is 0 Å². The maximum absolute atomic E-state index is 6.14. The van der Waals surface area contributed by atoms with E-state index in [1.54, 1.807) is 0 Å². The van der Waals surface area contributed by atoms with Crippen molar-refractivity contribution in [3.05, 3.63) is 53.3 Å². The monoisotopic (exact) mass is 512 g/mol. The van der Waals surface area contributed by atoms with Crippen LogP contribution in [0.3, 0.4) is 0 Å². The Morgan fingerprint density at radius 1 is 1.11 bits per heavy atom. The molecule has 2 atom stereocenters. The highest BCUT2D eigenvalue weighted by molar-refractivity contribution is 14.1. The largest absolute Gasteiger partial charge is 0.374 e. The van der Waals surface area contributed by atoms with E-state index in [1.165, 1.54) is 5.56 Å². The number of piperidine rings is 1. The van der Waals surface area contributed by atoms with Crippen molar-refractivity contribution in [2.45, 2.75) is 37.5 Å². The van der Waals surface area contributed by atoms with Crippen LogP contribution in [-0.2, 0) is 11.2 Å². The van der Waals surface area contributed by atoms with Crippen LogP contribution in [0.4, 0.5) is 5.95 Å². The van der Waals surface area contributed by atoms with Gasteiger partial charge in [0.05, 0.1) is 12.7 Å². The summed E-state index contributed by atoms with van der Waals surface area (Å²) in [6, 6.07) is 11.1. The van der Waals surface area contributed by atoms with Crippen molar-refractivity contribution in [1.29, 1.82) is 0 Å². The number of nitrogens with zero attached hydrogens (tertiary/aromatic N) is 4. The summed E-state index contributed by atoms with van der Waals surface area (Å²) in [4.78, 5) is 13.8. The Labute approximate surface area is 185 Å². The predicted molar refractivity (Wildman–Crippen MR) is 122 cm³/mol. The number of benzene rings is 1. The van der Waals surface area contributed by atoms with E-state index in [0.29, 0.717) is 18.2 Å². The predicted octanol–water partition coefficient (Wildman–Crippen LogP) is 3.85. The first-order chi connectivity index (χ1) is 13.7. The minimum Gasteiger partial charge on any atom is -0.374 e. The van der Waals surface area contributed by atoms with Crippen molar-refractivity contribution in [1.82, 2.24) is 14.9 Å². The van der Waals surface area contributed by atoms with Gasteiger partial charge in [-0.25, -0.2) is 9.97 Å². The molecule has 2 fully saturated rings. The second-order valence-electron chi connectivity index (χ2n) is 7.56. The Morgan fingerprint density at radius 3 is 2.50 bits per heavy atom. The van der Waals surface area contributed by atoms with Crippen molar-refractivity contribution < 1.29 is 4.74 Å². The molecule has 0 bridgehead atoms. The van der Waals surface area contributed by atoms with Crippen molar-refractivity contribution in [3.8, 4) is 0 Å². The lowest BCUT2D eigenvalue weighted by atomic mass is 9.96. The summed E-state index contributed by atoms with van der Waals surface area (Å²) in [5, 5.41) is 0.793. The van der Waals surface area contributed by atoms with Gasteiger partial charge in [-0.15, -0.1) is 0 Å². The van der Waals surface area contributed by atoms with Gasteiger partial charge in [0.2, 0.25) is 5.95 Å². The van der Waals surface area contributed by atoms with Gasteiger partial charge in [-0.05, 0) is 43.0 Å². The van der Waals surface area contributed by atoms with E-state index in [0.717, 1.165) is 60.9 Å². The van der Waals surface area contributed by atoms with Gasteiger partial charge < -0.3 is 9.64 Å². The van der Waals surface area contributed by atoms with E-state index in [1.807, 2.05) is 30.6 Å². The van der Waals surface area contributed by atoms with Crippen LogP contribution in [0.2, 0.25) is 5.02 Å². The van der Waals surface area contributed by atoms with Crippen LogP contribution in [0.15, 0.2) is 42.7 Å². The highest BCUT2D eigenvalue weighted by Crippen LogP contribution is 2.27. The molecule has 2 unspecified atom stereocenters. The second-order valence-corrected chi connectivity index (χ2v) is 8.88. The Kier molecular flexibility index (Phi) is 7.03. The quantitative estimate of drug-likeness (QED) is 0.450. The third-order valence-corrected chi connectivity index (χ3v) is 6.97. The molecular weight excluding hydrogens is 487 g/mol. The first kappa shape index (κ1) is 20.3. The van der Waals surface area contributed by atoms with Gasteiger partial charge in [-0.1, -0.05) is 46.3 Å². The van der Waals surface area contributed by atoms with Crippen LogP contribution in [-0.4, -0.2) is 63.7 Å². The average Bonchev–Trinajstić information content (AvgIpc) is 2.76. The normalized spacial score (nSPS) is 24.4. The van der Waals surface area contributed by atoms with E-state index in [-0.39, 0.29) is 0 Å².